The van der Waals surface area contributed by atoms with Gasteiger partial charge >= 0.3 is 0 Å². The third-order valence-corrected chi connectivity index (χ3v) is 3.16. The van der Waals surface area contributed by atoms with Crippen molar-refractivity contribution in [1.29, 1.82) is 0 Å². The van der Waals surface area contributed by atoms with Gasteiger partial charge in [0.15, 0.2) is 0 Å². The maximum absolute atomic E-state index is 13.6. The van der Waals surface area contributed by atoms with E-state index in [0.29, 0.717) is 5.82 Å². The molecule has 0 aliphatic heterocycles. The molecule has 0 aliphatic carbocycles. The Balaban J connectivity index is 2.30. The first-order valence-electron chi connectivity index (χ1n) is 5.61. The molecule has 0 radical (unpaired) electrons. The van der Waals surface area contributed by atoms with Gasteiger partial charge in [-0.3, -0.25) is 4.79 Å². The van der Waals surface area contributed by atoms with Crippen LogP contribution in [0.4, 0.5) is 20.3 Å². The summed E-state index contributed by atoms with van der Waals surface area (Å²) in [6.45, 7) is 0. The van der Waals surface area contributed by atoms with Gasteiger partial charge in [0.25, 0.3) is 5.91 Å². The number of halogens is 3. The lowest BCUT2D eigenvalue weighted by molar-refractivity contribution is 0.102. The molecule has 20 heavy (non-hydrogen) atoms. The maximum Gasteiger partial charge on any atom is 0.259 e. The number of aromatic nitrogens is 1. The van der Waals surface area contributed by atoms with Crippen molar-refractivity contribution in [2.24, 2.45) is 0 Å². The van der Waals surface area contributed by atoms with Gasteiger partial charge in [-0.25, -0.2) is 13.8 Å². The fourth-order valence-corrected chi connectivity index (χ4v) is 1.91. The summed E-state index contributed by atoms with van der Waals surface area (Å²) < 4.78 is 27.0. The number of nitrogens with zero attached hydrogens (tertiary/aromatic N) is 1. The van der Waals surface area contributed by atoms with Crippen LogP contribution in [0.1, 0.15) is 10.4 Å². The van der Waals surface area contributed by atoms with E-state index in [9.17, 15) is 13.6 Å². The van der Waals surface area contributed by atoms with E-state index in [1.807, 2.05) is 0 Å². The Kier molecular flexibility index (Phi) is 4.29. The first kappa shape index (κ1) is 14.4. The van der Waals surface area contributed by atoms with Crippen LogP contribution in [0.25, 0.3) is 0 Å². The summed E-state index contributed by atoms with van der Waals surface area (Å²) in [5.74, 6) is -1.63. The number of anilines is 2. The van der Waals surface area contributed by atoms with Crippen LogP contribution in [-0.4, -0.2) is 17.9 Å². The monoisotopic (exact) mass is 341 g/mol. The minimum absolute atomic E-state index is 0.00899. The number of hydrogen-bond acceptors (Lipinski definition) is 3. The lowest BCUT2D eigenvalue weighted by Crippen LogP contribution is -2.15. The third-order valence-electron chi connectivity index (χ3n) is 2.55. The average Bonchev–Trinajstić information content (AvgIpc) is 2.44. The summed E-state index contributed by atoms with van der Waals surface area (Å²) in [6.07, 6.45) is 1.52. The van der Waals surface area contributed by atoms with E-state index in [2.05, 4.69) is 31.5 Å². The van der Waals surface area contributed by atoms with E-state index < -0.39 is 17.5 Å². The van der Waals surface area contributed by atoms with Crippen molar-refractivity contribution in [3.63, 3.8) is 0 Å². The van der Waals surface area contributed by atoms with Gasteiger partial charge in [-0.2, -0.15) is 0 Å². The predicted molar refractivity (Wildman–Crippen MR) is 75.8 cm³/mol. The predicted octanol–water partition coefficient (Wildman–Crippen LogP) is 3.42. The summed E-state index contributed by atoms with van der Waals surface area (Å²) in [5, 5.41) is 5.06. The number of pyridine rings is 1. The van der Waals surface area contributed by atoms with Gasteiger partial charge in [-0.05, 0) is 34.1 Å². The fraction of sp³-hybridized carbons (Fsp3) is 0.0769. The molecule has 1 amide bonds. The van der Waals surface area contributed by atoms with Gasteiger partial charge in [0.05, 0.1) is 15.7 Å². The first-order chi connectivity index (χ1) is 9.52. The van der Waals surface area contributed by atoms with Crippen molar-refractivity contribution >= 4 is 33.3 Å². The number of amides is 1. The van der Waals surface area contributed by atoms with Gasteiger partial charge in [0.2, 0.25) is 0 Å². The van der Waals surface area contributed by atoms with E-state index in [0.717, 1.165) is 12.1 Å². The molecule has 0 unspecified atom stereocenters. The first-order valence-corrected chi connectivity index (χ1v) is 6.41. The van der Waals surface area contributed by atoms with Gasteiger partial charge in [-0.1, -0.05) is 0 Å². The molecule has 1 heterocycles. The van der Waals surface area contributed by atoms with Crippen molar-refractivity contribution in [2.75, 3.05) is 17.7 Å². The van der Waals surface area contributed by atoms with Crippen molar-refractivity contribution in [1.82, 2.24) is 4.98 Å². The van der Waals surface area contributed by atoms with Crippen LogP contribution in [-0.2, 0) is 0 Å². The normalized spacial score (nSPS) is 10.2. The molecule has 2 N–H and O–H groups in total. The number of benzene rings is 1. The molecule has 0 aliphatic rings. The van der Waals surface area contributed by atoms with Crippen LogP contribution in [0.2, 0.25) is 0 Å². The molecule has 4 nitrogen and oxygen atoms in total. The number of hydrogen-bond donors (Lipinski definition) is 2. The quantitative estimate of drug-likeness (QED) is 0.841. The number of nitrogens with one attached hydrogen (secondary N) is 2. The summed E-state index contributed by atoms with van der Waals surface area (Å²) >= 11 is 2.87. The molecule has 0 saturated carbocycles. The summed E-state index contributed by atoms with van der Waals surface area (Å²) in [7, 11) is 1.61. The average molecular weight is 342 g/mol. The highest BCUT2D eigenvalue weighted by molar-refractivity contribution is 9.10. The standard InChI is InChI=1S/C13H10BrF2N3O/c1-17-12-7(3-2-4-18-12)13(20)19-11-6-9(15)8(14)5-10(11)16/h2-6H,1H3,(H,17,18)(H,19,20). The Hall–Kier alpha value is -2.02. The molecule has 0 spiro atoms. The van der Waals surface area contributed by atoms with Gasteiger partial charge < -0.3 is 10.6 Å². The number of rotatable bonds is 3. The molecule has 2 aromatic rings. The van der Waals surface area contributed by atoms with Gasteiger partial charge in [0.1, 0.15) is 17.5 Å². The second-order valence-electron chi connectivity index (χ2n) is 3.85. The SMILES string of the molecule is CNc1ncccc1C(=O)Nc1cc(F)c(Br)cc1F. The minimum atomic E-state index is -0.735. The largest absolute Gasteiger partial charge is 0.372 e. The van der Waals surface area contributed by atoms with Crippen molar-refractivity contribution < 1.29 is 13.6 Å². The molecular weight excluding hydrogens is 332 g/mol. The lowest BCUT2D eigenvalue weighted by Gasteiger charge is -2.10. The van der Waals surface area contributed by atoms with Crippen molar-refractivity contribution in [2.45, 2.75) is 0 Å². The lowest BCUT2D eigenvalue weighted by atomic mass is 10.2. The van der Waals surface area contributed by atoms with E-state index in [1.165, 1.54) is 12.3 Å². The van der Waals surface area contributed by atoms with E-state index in [-0.39, 0.29) is 15.7 Å². The summed E-state index contributed by atoms with van der Waals surface area (Å²) in [6, 6.07) is 4.97. The highest BCUT2D eigenvalue weighted by Crippen LogP contribution is 2.24. The minimum Gasteiger partial charge on any atom is -0.372 e. The van der Waals surface area contributed by atoms with Crippen LogP contribution < -0.4 is 10.6 Å². The van der Waals surface area contributed by atoms with Crippen LogP contribution in [0.5, 0.6) is 0 Å². The number of carbonyl (C=O) groups excluding carboxylic acids is 1. The molecule has 7 heteroatoms. The zero-order valence-electron chi connectivity index (χ0n) is 10.4. The summed E-state index contributed by atoms with van der Waals surface area (Å²) in [4.78, 5) is 16.0. The molecule has 0 saturated heterocycles. The molecule has 104 valence electrons. The Morgan fingerprint density at radius 2 is 2.05 bits per heavy atom. The fourth-order valence-electron chi connectivity index (χ4n) is 1.60. The molecule has 2 rings (SSSR count). The molecule has 0 bridgehead atoms. The summed E-state index contributed by atoms with van der Waals surface area (Å²) in [5.41, 5.74) is -0.000618. The zero-order chi connectivity index (χ0) is 14.7. The van der Waals surface area contributed by atoms with Crippen LogP contribution >= 0.6 is 15.9 Å². The molecule has 1 aromatic heterocycles. The van der Waals surface area contributed by atoms with Gasteiger partial charge in [0, 0.05) is 19.3 Å². The zero-order valence-corrected chi connectivity index (χ0v) is 12.0. The van der Waals surface area contributed by atoms with Crippen LogP contribution in [0, 0.1) is 11.6 Å². The highest BCUT2D eigenvalue weighted by atomic mass is 79.9. The third kappa shape index (κ3) is 2.93. The van der Waals surface area contributed by atoms with E-state index in [4.69, 9.17) is 0 Å². The van der Waals surface area contributed by atoms with Crippen molar-refractivity contribution in [3.8, 4) is 0 Å². The Morgan fingerprint density at radius 1 is 1.30 bits per heavy atom. The molecule has 0 fully saturated rings. The van der Waals surface area contributed by atoms with Gasteiger partial charge in [-0.15, -0.1) is 0 Å². The second kappa shape index (κ2) is 5.96. The molecule has 0 atom stereocenters. The van der Waals surface area contributed by atoms with E-state index >= 15 is 0 Å². The topological polar surface area (TPSA) is 54.0 Å². The van der Waals surface area contributed by atoms with Crippen molar-refractivity contribution in [3.05, 3.63) is 52.1 Å². The smallest absolute Gasteiger partial charge is 0.259 e. The number of carbonyl (C=O) groups is 1. The van der Waals surface area contributed by atoms with Crippen LogP contribution in [0.3, 0.4) is 0 Å². The second-order valence-corrected chi connectivity index (χ2v) is 4.70. The highest BCUT2D eigenvalue weighted by Gasteiger charge is 2.15. The molecular formula is C13H10BrF2N3O. The Labute approximate surface area is 122 Å². The Bertz CT molecular complexity index is 664. The van der Waals surface area contributed by atoms with Crippen LogP contribution in [0.15, 0.2) is 34.9 Å². The molecule has 1 aromatic carbocycles. The maximum atomic E-state index is 13.6. The van der Waals surface area contributed by atoms with E-state index in [1.54, 1.807) is 13.1 Å². The Morgan fingerprint density at radius 3 is 2.75 bits per heavy atom.